The fourth-order valence-electron chi connectivity index (χ4n) is 3.55. The zero-order valence-electron chi connectivity index (χ0n) is 16.0. The molecule has 0 unspecified atom stereocenters. The summed E-state index contributed by atoms with van der Waals surface area (Å²) in [5, 5.41) is 21.8. The van der Waals surface area contributed by atoms with Crippen LogP contribution in [0.25, 0.3) is 12.2 Å². The Bertz CT molecular complexity index is 1290. The second kappa shape index (κ2) is 7.28. The maximum absolute atomic E-state index is 12.6. The molecule has 1 aliphatic heterocycles. The van der Waals surface area contributed by atoms with Crippen LogP contribution in [0.5, 0.6) is 5.75 Å². The van der Waals surface area contributed by atoms with Crippen LogP contribution in [0.1, 0.15) is 28.4 Å². The van der Waals surface area contributed by atoms with E-state index >= 15 is 0 Å². The van der Waals surface area contributed by atoms with Crippen LogP contribution in [0.4, 0.5) is 11.6 Å². The summed E-state index contributed by atoms with van der Waals surface area (Å²) >= 11 is 0. The highest BCUT2D eigenvalue weighted by molar-refractivity contribution is 5.75. The fraction of sp³-hybridized carbons (Fsp3) is 0.0952. The van der Waals surface area contributed by atoms with Gasteiger partial charge >= 0.3 is 0 Å². The Balaban J connectivity index is 1.71. The quantitative estimate of drug-likeness (QED) is 0.478. The third kappa shape index (κ3) is 3.02. The molecule has 0 spiro atoms. The Morgan fingerprint density at radius 2 is 1.97 bits per heavy atom. The third-order valence-corrected chi connectivity index (χ3v) is 4.94. The summed E-state index contributed by atoms with van der Waals surface area (Å²) in [5.74, 6) is 1.08. The first-order valence-corrected chi connectivity index (χ1v) is 9.29. The monoisotopic (exact) mass is 399 g/mol. The SMILES string of the molecule is COc1cccc([C@H]2c3c(/C=C/c4ccccc4)n[nH]c(=O)c3Nc3nnnn32)c1. The van der Waals surface area contributed by atoms with Crippen LogP contribution in [0.3, 0.4) is 0 Å². The molecule has 4 aromatic rings. The Kier molecular flexibility index (Phi) is 4.32. The number of ether oxygens (including phenoxy) is 1. The number of hydrogen-bond acceptors (Lipinski definition) is 7. The van der Waals surface area contributed by atoms with Crippen LogP contribution in [0.2, 0.25) is 0 Å². The average Bonchev–Trinajstić information content (AvgIpc) is 3.26. The van der Waals surface area contributed by atoms with E-state index < -0.39 is 6.04 Å². The summed E-state index contributed by atoms with van der Waals surface area (Å²) in [4.78, 5) is 12.6. The predicted molar refractivity (Wildman–Crippen MR) is 112 cm³/mol. The van der Waals surface area contributed by atoms with Crippen LogP contribution >= 0.6 is 0 Å². The number of hydrogen-bond donors (Lipinski definition) is 2. The van der Waals surface area contributed by atoms with E-state index in [1.807, 2.05) is 66.7 Å². The Morgan fingerprint density at radius 1 is 1.10 bits per heavy atom. The van der Waals surface area contributed by atoms with Gasteiger partial charge in [0, 0.05) is 5.56 Å². The Labute approximate surface area is 171 Å². The summed E-state index contributed by atoms with van der Waals surface area (Å²) in [6.07, 6.45) is 3.81. The van der Waals surface area contributed by atoms with Gasteiger partial charge in [-0.1, -0.05) is 53.6 Å². The van der Waals surface area contributed by atoms with Crippen LogP contribution in [-0.4, -0.2) is 37.5 Å². The van der Waals surface area contributed by atoms with Gasteiger partial charge in [0.25, 0.3) is 5.56 Å². The molecule has 0 saturated heterocycles. The van der Waals surface area contributed by atoms with E-state index in [0.29, 0.717) is 28.6 Å². The van der Waals surface area contributed by atoms with E-state index in [1.54, 1.807) is 11.8 Å². The molecule has 9 nitrogen and oxygen atoms in total. The van der Waals surface area contributed by atoms with Gasteiger partial charge < -0.3 is 10.1 Å². The van der Waals surface area contributed by atoms with Gasteiger partial charge in [0.05, 0.1) is 12.8 Å². The number of rotatable bonds is 4. The molecule has 2 aromatic heterocycles. The first kappa shape index (κ1) is 17.8. The molecule has 0 bridgehead atoms. The number of benzene rings is 2. The Morgan fingerprint density at radius 3 is 2.80 bits per heavy atom. The van der Waals surface area contributed by atoms with E-state index in [1.165, 1.54) is 0 Å². The van der Waals surface area contributed by atoms with Crippen LogP contribution in [-0.2, 0) is 0 Å². The minimum absolute atomic E-state index is 0.344. The van der Waals surface area contributed by atoms with Crippen molar-refractivity contribution in [2.45, 2.75) is 6.04 Å². The lowest BCUT2D eigenvalue weighted by Crippen LogP contribution is -2.29. The van der Waals surface area contributed by atoms with Crippen molar-refractivity contribution in [1.29, 1.82) is 0 Å². The lowest BCUT2D eigenvalue weighted by atomic mass is 9.94. The van der Waals surface area contributed by atoms with Crippen molar-refractivity contribution in [3.63, 3.8) is 0 Å². The summed E-state index contributed by atoms with van der Waals surface area (Å²) in [7, 11) is 1.61. The molecule has 0 amide bonds. The molecular weight excluding hydrogens is 382 g/mol. The maximum atomic E-state index is 12.6. The normalized spacial score (nSPS) is 14.8. The highest BCUT2D eigenvalue weighted by Crippen LogP contribution is 2.39. The van der Waals surface area contributed by atoms with Gasteiger partial charge in [0.15, 0.2) is 0 Å². The van der Waals surface area contributed by atoms with Gasteiger partial charge in [-0.05, 0) is 39.8 Å². The lowest BCUT2D eigenvalue weighted by molar-refractivity contribution is 0.413. The van der Waals surface area contributed by atoms with Gasteiger partial charge in [-0.15, -0.1) is 0 Å². The van der Waals surface area contributed by atoms with Crippen LogP contribution in [0, 0.1) is 0 Å². The molecule has 5 rings (SSSR count). The van der Waals surface area contributed by atoms with Crippen molar-refractivity contribution in [3.05, 3.63) is 87.3 Å². The number of H-pyrrole nitrogens is 1. The predicted octanol–water partition coefficient (Wildman–Crippen LogP) is 2.63. The number of fused-ring (bicyclic) bond motifs is 2. The number of aromatic nitrogens is 6. The van der Waals surface area contributed by atoms with Crippen molar-refractivity contribution < 1.29 is 4.74 Å². The molecule has 0 fully saturated rings. The number of nitrogens with one attached hydrogen (secondary N) is 2. The van der Waals surface area contributed by atoms with Crippen molar-refractivity contribution in [2.24, 2.45) is 0 Å². The van der Waals surface area contributed by atoms with E-state index in [9.17, 15) is 4.79 Å². The van der Waals surface area contributed by atoms with E-state index in [0.717, 1.165) is 11.1 Å². The van der Waals surface area contributed by atoms with E-state index in [-0.39, 0.29) is 5.56 Å². The molecule has 0 saturated carbocycles. The summed E-state index contributed by atoms with van der Waals surface area (Å²) in [6.45, 7) is 0. The maximum Gasteiger partial charge on any atom is 0.288 e. The lowest BCUT2D eigenvalue weighted by Gasteiger charge is -2.27. The molecule has 148 valence electrons. The zero-order chi connectivity index (χ0) is 20.5. The van der Waals surface area contributed by atoms with E-state index in [4.69, 9.17) is 4.74 Å². The van der Waals surface area contributed by atoms with Crippen molar-refractivity contribution >= 4 is 23.8 Å². The molecule has 1 aliphatic rings. The molecule has 30 heavy (non-hydrogen) atoms. The first-order valence-electron chi connectivity index (χ1n) is 9.29. The molecule has 0 aliphatic carbocycles. The van der Waals surface area contributed by atoms with Gasteiger partial charge in [0.2, 0.25) is 5.95 Å². The third-order valence-electron chi connectivity index (χ3n) is 4.94. The number of nitrogens with zero attached hydrogens (tertiary/aromatic N) is 5. The van der Waals surface area contributed by atoms with Gasteiger partial charge in [-0.25, -0.2) is 5.10 Å². The van der Waals surface area contributed by atoms with Gasteiger partial charge in [-0.2, -0.15) is 9.78 Å². The number of aromatic amines is 1. The van der Waals surface area contributed by atoms with Crippen LogP contribution in [0.15, 0.2) is 59.4 Å². The number of anilines is 2. The molecular formula is C21H17N7O2. The summed E-state index contributed by atoms with van der Waals surface area (Å²) < 4.78 is 7.03. The van der Waals surface area contributed by atoms with Crippen molar-refractivity contribution in [2.75, 3.05) is 12.4 Å². The van der Waals surface area contributed by atoms with E-state index in [2.05, 4.69) is 31.0 Å². The highest BCUT2D eigenvalue weighted by Gasteiger charge is 2.33. The summed E-state index contributed by atoms with van der Waals surface area (Å²) in [6, 6.07) is 17.0. The second-order valence-corrected chi connectivity index (χ2v) is 6.72. The molecule has 3 heterocycles. The molecule has 2 aromatic carbocycles. The minimum Gasteiger partial charge on any atom is -0.497 e. The molecule has 0 radical (unpaired) electrons. The largest absolute Gasteiger partial charge is 0.497 e. The topological polar surface area (TPSA) is 111 Å². The van der Waals surface area contributed by atoms with Gasteiger partial charge in [-0.3, -0.25) is 4.79 Å². The number of tetrazole rings is 1. The second-order valence-electron chi connectivity index (χ2n) is 6.72. The number of methoxy groups -OCH3 is 1. The minimum atomic E-state index is -0.452. The van der Waals surface area contributed by atoms with Gasteiger partial charge in [0.1, 0.15) is 17.5 Å². The first-order chi connectivity index (χ1) is 14.7. The summed E-state index contributed by atoms with van der Waals surface area (Å²) in [5.41, 5.74) is 3.20. The smallest absolute Gasteiger partial charge is 0.288 e. The zero-order valence-corrected chi connectivity index (χ0v) is 16.0. The average molecular weight is 399 g/mol. The van der Waals surface area contributed by atoms with Crippen molar-refractivity contribution in [1.82, 2.24) is 30.4 Å². The molecule has 1 atom stereocenters. The molecule has 2 N–H and O–H groups in total. The molecule has 9 heteroatoms. The fourth-order valence-corrected chi connectivity index (χ4v) is 3.55. The highest BCUT2D eigenvalue weighted by atomic mass is 16.5. The standard InChI is InChI=1S/C21H17N7O2/c1-30-15-9-5-8-14(12-15)19-17-16(11-10-13-6-3-2-4-7-13)23-24-20(29)18(17)22-21-25-26-27-28(19)21/h2-12,19H,1H3,(H,24,29)(H,22,25,27)/b11-10+/t19-/m0/s1. The van der Waals surface area contributed by atoms with Crippen molar-refractivity contribution in [3.8, 4) is 5.75 Å². The van der Waals surface area contributed by atoms with Crippen LogP contribution < -0.4 is 15.6 Å². The Hall–Kier alpha value is -4.27.